The molecule has 8 aromatic carbocycles. The Morgan fingerprint density at radius 1 is 0.756 bits per heavy atom. The topological polar surface area (TPSA) is 348 Å². The van der Waals surface area contributed by atoms with Gasteiger partial charge in [-0.1, -0.05) is 146 Å². The number of nitrogens with zero attached hydrogens (tertiary/aromatic N) is 10. The fraction of sp³-hybridized carbons (Fsp3) is 0.304. The Bertz CT molecular complexity index is 5650. The van der Waals surface area contributed by atoms with E-state index in [0.717, 1.165) is 46.5 Å². The van der Waals surface area contributed by atoms with Crippen LogP contribution in [0.5, 0.6) is 28.9 Å². The minimum atomic E-state index is -1.31. The average Bonchev–Trinajstić information content (AvgIpc) is 1.60. The summed E-state index contributed by atoms with van der Waals surface area (Å²) in [4.78, 5) is 108. The van der Waals surface area contributed by atoms with Gasteiger partial charge in [-0.05, 0) is 154 Å². The van der Waals surface area contributed by atoms with Crippen molar-refractivity contribution in [2.75, 3.05) is 92.7 Å². The lowest BCUT2D eigenvalue weighted by molar-refractivity contribution is -0.926. The number of thiophene rings is 1. The molecule has 6 amide bonds. The van der Waals surface area contributed by atoms with Crippen LogP contribution in [-0.2, 0) is 61.4 Å². The summed E-state index contributed by atoms with van der Waals surface area (Å²) in [6.07, 6.45) is 1.44. The Kier molecular flexibility index (Phi) is 29.1. The summed E-state index contributed by atoms with van der Waals surface area (Å²) in [6, 6.07) is 52.4. The lowest BCUT2D eigenvalue weighted by atomic mass is 9.96. The lowest BCUT2D eigenvalue weighted by Gasteiger charge is -2.42. The van der Waals surface area contributed by atoms with Gasteiger partial charge in [0, 0.05) is 84.9 Å². The van der Waals surface area contributed by atoms with Crippen LogP contribution in [0.25, 0.3) is 64.7 Å². The van der Waals surface area contributed by atoms with Crippen molar-refractivity contribution in [1.29, 1.82) is 0 Å². The predicted molar refractivity (Wildman–Crippen MR) is 466 cm³/mol. The second-order valence-electron chi connectivity index (χ2n) is 30.7. The van der Waals surface area contributed by atoms with Gasteiger partial charge < -0.3 is 69.5 Å². The molecule has 123 heavy (non-hydrogen) atoms. The van der Waals surface area contributed by atoms with Gasteiger partial charge in [0.25, 0.3) is 0 Å². The fourth-order valence-corrected chi connectivity index (χ4v) is 16.6. The number of hydrogen-bond donors (Lipinski definition) is 5. The molecule has 11 aromatic rings. The molecule has 3 aromatic heterocycles. The number of benzene rings is 8. The molecule has 0 bridgehead atoms. The molecule has 0 spiro atoms. The molecule has 2 aliphatic rings. The van der Waals surface area contributed by atoms with E-state index >= 15 is 0 Å². The van der Waals surface area contributed by atoms with Gasteiger partial charge >= 0.3 is 18.1 Å². The first-order valence-corrected chi connectivity index (χ1v) is 41.5. The number of nitrogens with one attached hydrogen (secondary N) is 4. The third-order valence-corrected chi connectivity index (χ3v) is 23.5. The number of carbonyl (C=O) groups is 6. The van der Waals surface area contributed by atoms with Crippen molar-refractivity contribution in [3.63, 3.8) is 0 Å². The van der Waals surface area contributed by atoms with Crippen molar-refractivity contribution in [2.45, 2.75) is 90.4 Å². The smallest absolute Gasteiger partial charge is 0.409 e. The molecule has 0 saturated carbocycles. The Balaban J connectivity index is 0.718. The standard InChI is InChI=1S/C92H95ClFN15O13S/c1-56(2)83(105-79(110)49-101-106-96)87(112)104-74(23-16-39-98-91(95)114)86(111)103-64-33-30-61(62(47-64)50-107(4)92(115)121-54-73-70-20-11-9-18-68(70)69-19-10-12-21-71(69)73)51-109(5)44-41-108(42-45-109)43-46-118-77-37-36-67(57(3)82(77)93)80-81-88(99-55-100-89(81)123-84(80)59-28-31-63(94)32-29-59)122-78(90(113)120-52-58-26-34-66(116-6)35-27-58)48-60-17-8-14-24-75(60)119-53-65-38-40-97-85(102-65)72-22-13-15-25-76(72)117-7/h8-15,17-22,24-38,40,47,55-56,73-74,78,83H,16,23,39,41-46,48-54H2,1-7H3,(H5-,95,98,103,104,105,110,111,112,114)/p+1/t74-,78+,83-/m0/s1. The summed E-state index contributed by atoms with van der Waals surface area (Å²) in [5.41, 5.74) is 25.8. The van der Waals surface area contributed by atoms with Gasteiger partial charge in [0.05, 0.1) is 56.0 Å². The van der Waals surface area contributed by atoms with Crippen molar-refractivity contribution in [1.82, 2.24) is 45.7 Å². The van der Waals surface area contributed by atoms with Crippen molar-refractivity contribution in [3.8, 4) is 73.0 Å². The number of rotatable bonds is 37. The third-order valence-electron chi connectivity index (χ3n) is 21.9. The summed E-state index contributed by atoms with van der Waals surface area (Å²) in [5, 5.41) is 15.0. The van der Waals surface area contributed by atoms with E-state index in [4.69, 9.17) is 71.0 Å². The molecule has 636 valence electrons. The number of aromatic nitrogens is 4. The first kappa shape index (κ1) is 87.6. The van der Waals surface area contributed by atoms with Crippen LogP contribution < -0.4 is 50.7 Å². The minimum absolute atomic E-state index is 0.0310. The van der Waals surface area contributed by atoms with Crippen molar-refractivity contribution in [2.24, 2.45) is 16.8 Å². The van der Waals surface area contributed by atoms with Crippen LogP contribution in [0.2, 0.25) is 5.02 Å². The molecular weight excluding hydrogens is 1610 g/mol. The third kappa shape index (κ3) is 21.9. The molecule has 6 N–H and O–H groups in total. The monoisotopic (exact) mass is 1700 g/mol. The highest BCUT2D eigenvalue weighted by Crippen LogP contribution is 2.50. The number of likely N-dealkylation sites (N-methyl/N-ethyl adjacent to an activating group) is 1. The highest BCUT2D eigenvalue weighted by molar-refractivity contribution is 7.22. The maximum Gasteiger partial charge on any atom is 0.409 e. The quantitative estimate of drug-likeness (QED) is 0.00603. The summed E-state index contributed by atoms with van der Waals surface area (Å²) >= 11 is 8.79. The summed E-state index contributed by atoms with van der Waals surface area (Å²) in [7, 11) is 7.02. The minimum Gasteiger partial charge on any atom is -0.497 e. The van der Waals surface area contributed by atoms with Crippen LogP contribution in [0, 0.1) is 18.7 Å². The lowest BCUT2D eigenvalue weighted by Crippen LogP contribution is -2.57. The predicted octanol–water partition coefficient (Wildman–Crippen LogP) is 15.0. The number of anilines is 1. The van der Waals surface area contributed by atoms with E-state index in [1.807, 2.05) is 116 Å². The number of piperazine rings is 1. The number of halogens is 2. The average molecular weight is 1710 g/mol. The zero-order valence-corrected chi connectivity index (χ0v) is 70.8. The summed E-state index contributed by atoms with van der Waals surface area (Å²) in [6.45, 7) is 9.33. The van der Waals surface area contributed by atoms with E-state index in [1.54, 1.807) is 77.7 Å². The molecule has 3 atom stereocenters. The fourth-order valence-electron chi connectivity index (χ4n) is 15.2. The van der Waals surface area contributed by atoms with E-state index in [2.05, 4.69) is 72.5 Å². The molecule has 0 unspecified atom stereocenters. The van der Waals surface area contributed by atoms with Gasteiger partial charge in [0.1, 0.15) is 91.6 Å². The van der Waals surface area contributed by atoms with Crippen LogP contribution >= 0.6 is 22.9 Å². The van der Waals surface area contributed by atoms with Crippen LogP contribution in [0.15, 0.2) is 200 Å². The highest BCUT2D eigenvalue weighted by atomic mass is 35.5. The number of quaternary nitrogens is 1. The molecule has 1 aliphatic heterocycles. The van der Waals surface area contributed by atoms with E-state index in [1.165, 1.54) is 34.7 Å². The zero-order valence-electron chi connectivity index (χ0n) is 69.2. The molecule has 0 radical (unpaired) electrons. The van der Waals surface area contributed by atoms with Gasteiger partial charge in [0.15, 0.2) is 5.82 Å². The van der Waals surface area contributed by atoms with Gasteiger partial charge in [0.2, 0.25) is 29.7 Å². The number of primary amides is 1. The van der Waals surface area contributed by atoms with Gasteiger partial charge in [-0.3, -0.25) is 19.3 Å². The molecule has 31 heteroatoms. The number of amides is 6. The molecule has 13 rings (SSSR count). The molecule has 28 nitrogen and oxygen atoms in total. The largest absolute Gasteiger partial charge is 0.497 e. The van der Waals surface area contributed by atoms with E-state index in [-0.39, 0.29) is 70.6 Å². The number of azide groups is 1. The number of fused-ring (bicyclic) bond motifs is 4. The number of nitrogens with two attached hydrogens (primary N) is 1. The van der Waals surface area contributed by atoms with Crippen LogP contribution in [-0.4, -0.2) is 176 Å². The molecule has 1 saturated heterocycles. The highest BCUT2D eigenvalue weighted by Gasteiger charge is 2.36. The number of carbonyl (C=O) groups excluding carboxylic acids is 6. The maximum absolute atomic E-state index is 14.8. The normalized spacial score (nSPS) is 13.5. The second kappa shape index (κ2) is 40.9. The molecular formula is C92H96ClFN15O13S+. The summed E-state index contributed by atoms with van der Waals surface area (Å²) in [5.74, 6) is -0.936. The van der Waals surface area contributed by atoms with Crippen molar-refractivity contribution >= 4 is 74.7 Å². The summed E-state index contributed by atoms with van der Waals surface area (Å²) < 4.78 is 58.7. The van der Waals surface area contributed by atoms with E-state index < -0.39 is 72.3 Å². The van der Waals surface area contributed by atoms with Crippen LogP contribution in [0.3, 0.4) is 0 Å². The number of methoxy groups -OCH3 is 2. The first-order valence-electron chi connectivity index (χ1n) is 40.3. The Morgan fingerprint density at radius 3 is 2.17 bits per heavy atom. The van der Waals surface area contributed by atoms with E-state index in [0.29, 0.717) is 130 Å². The van der Waals surface area contributed by atoms with Crippen LogP contribution in [0.4, 0.5) is 19.7 Å². The van der Waals surface area contributed by atoms with E-state index in [9.17, 15) is 33.2 Å². The second-order valence-corrected chi connectivity index (χ2v) is 32.1. The Hall–Kier alpha value is -13.3. The number of urea groups is 1. The maximum atomic E-state index is 14.8. The van der Waals surface area contributed by atoms with Gasteiger partial charge in [-0.25, -0.2) is 38.7 Å². The van der Waals surface area contributed by atoms with Crippen molar-refractivity contribution < 1.29 is 70.8 Å². The Labute approximate surface area is 720 Å². The number of hydrogen-bond acceptors (Lipinski definition) is 20. The molecule has 4 heterocycles. The first-order chi connectivity index (χ1) is 59.5. The Morgan fingerprint density at radius 2 is 1.46 bits per heavy atom. The van der Waals surface area contributed by atoms with Crippen molar-refractivity contribution in [3.05, 3.63) is 260 Å². The van der Waals surface area contributed by atoms with Gasteiger partial charge in [-0.2, -0.15) is 0 Å². The van der Waals surface area contributed by atoms with Crippen LogP contribution in [0.1, 0.15) is 77.2 Å². The van der Waals surface area contributed by atoms with Gasteiger partial charge in [-0.15, -0.1) is 11.3 Å². The molecule has 1 fully saturated rings. The number of para-hydroxylation sites is 2. The SMILES string of the molecule is COc1ccc(COC(=O)[C@@H](Cc2ccccc2OCc2ccnc(-c3ccccc3OC)n2)Oc2ncnc3sc(-c4ccc(F)cc4)c(-c4ccc(OCCN5CC[N+](C)(Cc6ccc(NC(=O)[C@H](CCCNC(N)=O)NC(=O)[C@@H](NC(=O)CN=[N+]=[N-])C(C)C)cc6CN(C)C(=O)OCC6c7ccccc7-c7ccccc76)CC5)c(Cl)c4C)c23)cc1. The number of ether oxygens (including phenoxy) is 7. The number of esters is 1. The zero-order chi connectivity index (χ0) is 86.7. The molecule has 1 aliphatic carbocycles.